The molecule has 1 aliphatic carbocycles. The summed E-state index contributed by atoms with van der Waals surface area (Å²) in [7, 11) is 0. The number of fused-ring (bicyclic) bond motifs is 1. The maximum Gasteiger partial charge on any atom is 0.339 e. The summed E-state index contributed by atoms with van der Waals surface area (Å²) in [5.74, 6) is -0.827. The van der Waals surface area contributed by atoms with Crippen LogP contribution in [0, 0.1) is 0 Å². The molecule has 0 radical (unpaired) electrons. The van der Waals surface area contributed by atoms with E-state index in [9.17, 15) is 9.59 Å². The average Bonchev–Trinajstić information content (AvgIpc) is 3.43. The van der Waals surface area contributed by atoms with Crippen LogP contribution in [0.25, 0.3) is 22.3 Å². The lowest BCUT2D eigenvalue weighted by molar-refractivity contribution is -0.129. The number of carbonyl (C=O) groups is 2. The largest absolute Gasteiger partial charge is 0.449 e. The monoisotopic (exact) mass is 378 g/mol. The molecule has 3 aromatic rings. The third kappa shape index (κ3) is 3.60. The minimum atomic E-state index is -0.863. The van der Waals surface area contributed by atoms with Gasteiger partial charge in [-0.3, -0.25) is 4.79 Å². The molecule has 0 bridgehead atoms. The first-order chi connectivity index (χ1) is 13.6. The summed E-state index contributed by atoms with van der Waals surface area (Å²) in [6.07, 6.45) is 2.71. The molecule has 4 rings (SSSR count). The molecular weight excluding hydrogens is 356 g/mol. The summed E-state index contributed by atoms with van der Waals surface area (Å²) in [5.41, 5.74) is 2.52. The first-order valence-corrected chi connectivity index (χ1v) is 9.50. The number of nitrogens with one attached hydrogen (secondary N) is 1. The van der Waals surface area contributed by atoms with Crippen LogP contribution in [0.15, 0.2) is 42.6 Å². The highest BCUT2D eigenvalue weighted by Gasteiger charge is 2.28. The lowest BCUT2D eigenvalue weighted by Crippen LogP contribution is -2.37. The molecule has 0 spiro atoms. The average molecular weight is 378 g/mol. The van der Waals surface area contributed by atoms with Gasteiger partial charge in [0.1, 0.15) is 0 Å². The Bertz CT molecular complexity index is 1020. The van der Waals surface area contributed by atoms with Gasteiger partial charge in [-0.25, -0.2) is 14.5 Å². The number of carbonyl (C=O) groups excluding carboxylic acids is 2. The maximum atomic E-state index is 12.9. The van der Waals surface area contributed by atoms with Crippen LogP contribution >= 0.6 is 0 Å². The molecule has 1 saturated carbocycles. The van der Waals surface area contributed by atoms with Crippen LogP contribution in [0.5, 0.6) is 0 Å². The Balaban J connectivity index is 1.69. The highest BCUT2D eigenvalue weighted by molar-refractivity contribution is 6.04. The van der Waals surface area contributed by atoms with E-state index >= 15 is 0 Å². The number of esters is 1. The molecule has 1 unspecified atom stereocenters. The van der Waals surface area contributed by atoms with E-state index in [-0.39, 0.29) is 11.9 Å². The van der Waals surface area contributed by atoms with Crippen LogP contribution in [0.2, 0.25) is 0 Å². The van der Waals surface area contributed by atoms with E-state index in [1.165, 1.54) is 0 Å². The molecular formula is C21H22N4O3. The summed E-state index contributed by atoms with van der Waals surface area (Å²) >= 11 is 0. The zero-order valence-electron chi connectivity index (χ0n) is 15.9. The zero-order chi connectivity index (χ0) is 19.7. The second-order valence-electron chi connectivity index (χ2n) is 6.95. The van der Waals surface area contributed by atoms with Crippen molar-refractivity contribution in [3.8, 4) is 11.3 Å². The molecule has 2 heterocycles. The molecule has 1 N–H and O–H groups in total. The Morgan fingerprint density at radius 2 is 2.04 bits per heavy atom. The third-order valence-electron chi connectivity index (χ3n) is 4.77. The molecule has 1 amide bonds. The van der Waals surface area contributed by atoms with Crippen molar-refractivity contribution in [3.05, 3.63) is 48.2 Å². The number of ether oxygens (including phenoxy) is 1. The minimum absolute atomic E-state index is 0.216. The lowest BCUT2D eigenvalue weighted by atomic mass is 10.1. The SMILES string of the molecule is CCn1ncc2c(C(=O)OC(C)C(=O)NC3CC3)cc(-c3ccccc3)nc21. The van der Waals surface area contributed by atoms with Crippen LogP contribution in [0.3, 0.4) is 0 Å². The number of rotatable bonds is 6. The fourth-order valence-corrected chi connectivity index (χ4v) is 3.03. The first kappa shape index (κ1) is 18.2. The van der Waals surface area contributed by atoms with Crippen molar-refractivity contribution in [2.75, 3.05) is 0 Å². The summed E-state index contributed by atoms with van der Waals surface area (Å²) < 4.78 is 7.19. The molecule has 144 valence electrons. The van der Waals surface area contributed by atoms with E-state index in [1.54, 1.807) is 23.9 Å². The molecule has 7 heteroatoms. The smallest absolute Gasteiger partial charge is 0.339 e. The number of benzene rings is 1. The highest BCUT2D eigenvalue weighted by Crippen LogP contribution is 2.26. The van der Waals surface area contributed by atoms with Crippen LogP contribution in [-0.2, 0) is 16.1 Å². The maximum absolute atomic E-state index is 12.9. The van der Waals surface area contributed by atoms with Gasteiger partial charge < -0.3 is 10.1 Å². The minimum Gasteiger partial charge on any atom is -0.449 e. The lowest BCUT2D eigenvalue weighted by Gasteiger charge is -2.14. The summed E-state index contributed by atoms with van der Waals surface area (Å²) in [4.78, 5) is 29.7. The third-order valence-corrected chi connectivity index (χ3v) is 4.77. The van der Waals surface area contributed by atoms with Gasteiger partial charge in [0.25, 0.3) is 5.91 Å². The molecule has 2 aromatic heterocycles. The number of pyridine rings is 1. The van der Waals surface area contributed by atoms with E-state index < -0.39 is 12.1 Å². The Kier molecular flexibility index (Phi) is 4.81. The van der Waals surface area contributed by atoms with Gasteiger partial charge in [0.05, 0.1) is 22.8 Å². The van der Waals surface area contributed by atoms with E-state index in [2.05, 4.69) is 10.4 Å². The van der Waals surface area contributed by atoms with Crippen molar-refractivity contribution in [2.45, 2.75) is 45.4 Å². The standard InChI is InChI=1S/C21H22N4O3/c1-3-25-19-17(12-22-25)16(11-18(24-19)14-7-5-4-6-8-14)21(27)28-13(2)20(26)23-15-9-10-15/h4-8,11-13,15H,3,9-10H2,1-2H3,(H,23,26). The van der Waals surface area contributed by atoms with Crippen molar-refractivity contribution < 1.29 is 14.3 Å². The number of hydrogen-bond donors (Lipinski definition) is 1. The van der Waals surface area contributed by atoms with E-state index in [0.717, 1.165) is 18.4 Å². The molecule has 0 saturated heterocycles. The van der Waals surface area contributed by atoms with Crippen molar-refractivity contribution in [1.29, 1.82) is 0 Å². The van der Waals surface area contributed by atoms with Crippen LogP contribution in [0.4, 0.5) is 0 Å². The van der Waals surface area contributed by atoms with Crippen molar-refractivity contribution >= 4 is 22.9 Å². The normalized spacial score (nSPS) is 14.6. The number of nitrogens with zero attached hydrogens (tertiary/aromatic N) is 3. The van der Waals surface area contributed by atoms with Gasteiger partial charge in [-0.15, -0.1) is 0 Å². The Labute approximate surface area is 162 Å². The summed E-state index contributed by atoms with van der Waals surface area (Å²) in [5, 5.41) is 7.79. The number of aryl methyl sites for hydroxylation is 1. The second-order valence-corrected chi connectivity index (χ2v) is 6.95. The number of amides is 1. The Morgan fingerprint density at radius 3 is 2.71 bits per heavy atom. The summed E-state index contributed by atoms with van der Waals surface area (Å²) in [6, 6.07) is 11.5. The van der Waals surface area contributed by atoms with E-state index in [4.69, 9.17) is 9.72 Å². The molecule has 1 fully saturated rings. The number of aromatic nitrogens is 3. The zero-order valence-corrected chi connectivity index (χ0v) is 15.9. The first-order valence-electron chi connectivity index (χ1n) is 9.50. The highest BCUT2D eigenvalue weighted by atomic mass is 16.5. The fraction of sp³-hybridized carbons (Fsp3) is 0.333. The molecule has 28 heavy (non-hydrogen) atoms. The van der Waals surface area contributed by atoms with Crippen molar-refractivity contribution in [1.82, 2.24) is 20.1 Å². The van der Waals surface area contributed by atoms with Crippen molar-refractivity contribution in [2.24, 2.45) is 0 Å². The molecule has 0 aliphatic heterocycles. The van der Waals surface area contributed by atoms with Crippen molar-refractivity contribution in [3.63, 3.8) is 0 Å². The molecule has 1 aromatic carbocycles. The van der Waals surface area contributed by atoms with Crippen LogP contribution in [-0.4, -0.2) is 38.8 Å². The number of hydrogen-bond acceptors (Lipinski definition) is 5. The summed E-state index contributed by atoms with van der Waals surface area (Å²) in [6.45, 7) is 4.18. The van der Waals surface area contributed by atoms with E-state index in [0.29, 0.717) is 28.8 Å². The predicted molar refractivity (Wildman–Crippen MR) is 105 cm³/mol. The van der Waals surface area contributed by atoms with Gasteiger partial charge in [-0.05, 0) is 32.8 Å². The predicted octanol–water partition coefficient (Wildman–Crippen LogP) is 2.94. The molecule has 1 aliphatic rings. The molecule has 7 nitrogen and oxygen atoms in total. The quantitative estimate of drug-likeness (QED) is 0.667. The second kappa shape index (κ2) is 7.42. The molecule has 1 atom stereocenters. The van der Waals surface area contributed by atoms with Crippen LogP contribution in [0.1, 0.15) is 37.0 Å². The Hall–Kier alpha value is -3.22. The van der Waals surface area contributed by atoms with Gasteiger partial charge in [0.2, 0.25) is 0 Å². The fourth-order valence-electron chi connectivity index (χ4n) is 3.03. The van der Waals surface area contributed by atoms with E-state index in [1.807, 2.05) is 37.3 Å². The van der Waals surface area contributed by atoms with Gasteiger partial charge in [-0.1, -0.05) is 30.3 Å². The Morgan fingerprint density at radius 1 is 1.29 bits per heavy atom. The van der Waals surface area contributed by atoms with Gasteiger partial charge in [-0.2, -0.15) is 5.10 Å². The van der Waals surface area contributed by atoms with Gasteiger partial charge >= 0.3 is 5.97 Å². The topological polar surface area (TPSA) is 86.1 Å². The van der Waals surface area contributed by atoms with Gasteiger partial charge in [0, 0.05) is 18.2 Å². The van der Waals surface area contributed by atoms with Gasteiger partial charge in [0.15, 0.2) is 11.8 Å². The van der Waals surface area contributed by atoms with Crippen LogP contribution < -0.4 is 5.32 Å².